The molecule has 0 spiro atoms. The van der Waals surface area contributed by atoms with Gasteiger partial charge in [0.05, 0.1) is 36.9 Å². The molecule has 3 N–H and O–H groups in total. The Morgan fingerprint density at radius 1 is 1.07 bits per heavy atom. The largest absolute Gasteiger partial charge is 0.469 e. The molecule has 3 aromatic rings. The van der Waals surface area contributed by atoms with E-state index in [0.29, 0.717) is 23.5 Å². The Morgan fingerprint density at radius 2 is 1.71 bits per heavy atom. The van der Waals surface area contributed by atoms with E-state index in [9.17, 15) is 45.1 Å². The second-order valence-corrected chi connectivity index (χ2v) is 10.1. The van der Waals surface area contributed by atoms with E-state index in [4.69, 9.17) is 9.47 Å². The SMILES string of the molecule is O=P(O)(O)OC[C@@H](O[C@H]1OCCN(Cc2ncn[nH]2)[C@H]1c1ccc(F)cc1)c1cc(C(F)(F)F)cc(C(F)(F)F)c1. The Bertz CT molecular complexity index is 1320. The van der Waals surface area contributed by atoms with Crippen molar-refractivity contribution in [3.05, 3.63) is 82.7 Å². The predicted molar refractivity (Wildman–Crippen MR) is 124 cm³/mol. The van der Waals surface area contributed by atoms with Crippen molar-refractivity contribution in [1.82, 2.24) is 20.1 Å². The summed E-state index contributed by atoms with van der Waals surface area (Å²) in [6, 6.07) is 4.73. The highest BCUT2D eigenvalue weighted by Gasteiger charge is 2.40. The lowest BCUT2D eigenvalue weighted by atomic mass is 10.00. The molecule has 0 unspecified atom stereocenters. The number of phosphoric acid groups is 1. The molecule has 1 aromatic heterocycles. The van der Waals surface area contributed by atoms with Crippen LogP contribution in [0.15, 0.2) is 48.8 Å². The van der Waals surface area contributed by atoms with E-state index >= 15 is 0 Å². The Hall–Kier alpha value is -2.92. The number of phosphoric ester groups is 1. The zero-order valence-electron chi connectivity index (χ0n) is 20.6. The second-order valence-electron chi connectivity index (χ2n) is 8.89. The number of alkyl halides is 6. The van der Waals surface area contributed by atoms with Crippen molar-refractivity contribution in [2.45, 2.75) is 37.3 Å². The van der Waals surface area contributed by atoms with E-state index in [1.54, 1.807) is 4.90 Å². The molecule has 4 rings (SSSR count). The summed E-state index contributed by atoms with van der Waals surface area (Å²) >= 11 is 0. The van der Waals surface area contributed by atoms with E-state index in [0.717, 1.165) is 12.1 Å². The minimum absolute atomic E-state index is 0.0288. The van der Waals surface area contributed by atoms with Crippen molar-refractivity contribution in [3.63, 3.8) is 0 Å². The van der Waals surface area contributed by atoms with Crippen molar-refractivity contribution in [2.24, 2.45) is 0 Å². The number of aromatic amines is 1. The standard InChI is InChI=1S/C23H22F7N4O6P/c24-17-3-1-13(2-4-17)20-21(38-6-5-34(20)10-19-31-12-32-33-19)40-18(11-39-41(35,36)37)14-7-15(22(25,26)27)9-16(8-14)23(28,29)30/h1-4,7-9,12,18,20-21H,5-6,10-11H2,(H,31,32,33)(H2,35,36,37)/t18-,20+,21-/m1/s1. The van der Waals surface area contributed by atoms with Gasteiger partial charge in [-0.1, -0.05) is 12.1 Å². The van der Waals surface area contributed by atoms with Crippen LogP contribution < -0.4 is 0 Å². The molecule has 1 aliphatic heterocycles. The van der Waals surface area contributed by atoms with Crippen LogP contribution >= 0.6 is 7.82 Å². The van der Waals surface area contributed by atoms with Gasteiger partial charge < -0.3 is 19.3 Å². The highest BCUT2D eigenvalue weighted by molar-refractivity contribution is 7.46. The fourth-order valence-electron chi connectivity index (χ4n) is 4.21. The zero-order chi connectivity index (χ0) is 30.0. The smallest absolute Gasteiger partial charge is 0.349 e. The summed E-state index contributed by atoms with van der Waals surface area (Å²) in [6.45, 7) is -0.815. The number of aromatic nitrogens is 3. The Balaban J connectivity index is 1.76. The summed E-state index contributed by atoms with van der Waals surface area (Å²) in [7, 11) is -5.25. The van der Waals surface area contributed by atoms with Crippen LogP contribution in [0.1, 0.15) is 40.2 Å². The van der Waals surface area contributed by atoms with Gasteiger partial charge in [0.25, 0.3) is 0 Å². The Labute approximate surface area is 227 Å². The van der Waals surface area contributed by atoms with Crippen molar-refractivity contribution < 1.29 is 59.1 Å². The summed E-state index contributed by atoms with van der Waals surface area (Å²) in [5.74, 6) is -0.187. The van der Waals surface area contributed by atoms with Gasteiger partial charge in [0.1, 0.15) is 24.1 Å². The van der Waals surface area contributed by atoms with Gasteiger partial charge in [-0.05, 0) is 41.5 Å². The molecular weight excluding hydrogens is 592 g/mol. The summed E-state index contributed by atoms with van der Waals surface area (Å²) < 4.78 is 122. The molecule has 0 aliphatic carbocycles. The molecule has 224 valence electrons. The number of H-pyrrole nitrogens is 1. The molecule has 10 nitrogen and oxygen atoms in total. The average molecular weight is 614 g/mol. The maximum Gasteiger partial charge on any atom is 0.469 e. The lowest BCUT2D eigenvalue weighted by molar-refractivity contribution is -0.238. The van der Waals surface area contributed by atoms with Crippen LogP contribution in [0.3, 0.4) is 0 Å². The van der Waals surface area contributed by atoms with Crippen LogP contribution in [0.5, 0.6) is 0 Å². The monoisotopic (exact) mass is 614 g/mol. The van der Waals surface area contributed by atoms with Gasteiger partial charge in [-0.25, -0.2) is 13.9 Å². The van der Waals surface area contributed by atoms with Crippen molar-refractivity contribution in [2.75, 3.05) is 19.8 Å². The minimum Gasteiger partial charge on any atom is -0.349 e. The average Bonchev–Trinajstić information content (AvgIpc) is 3.38. The molecule has 0 bridgehead atoms. The molecule has 41 heavy (non-hydrogen) atoms. The zero-order valence-corrected chi connectivity index (χ0v) is 21.5. The molecule has 1 saturated heterocycles. The molecule has 0 amide bonds. The van der Waals surface area contributed by atoms with Crippen LogP contribution in [-0.4, -0.2) is 55.9 Å². The highest BCUT2D eigenvalue weighted by Crippen LogP contribution is 2.42. The summed E-state index contributed by atoms with van der Waals surface area (Å²) in [5, 5.41) is 6.42. The molecule has 0 saturated carbocycles. The number of morpholine rings is 1. The fraction of sp³-hybridized carbons (Fsp3) is 0.391. The third kappa shape index (κ3) is 8.31. The molecule has 2 heterocycles. The lowest BCUT2D eigenvalue weighted by Gasteiger charge is -2.42. The first-order valence-electron chi connectivity index (χ1n) is 11.7. The van der Waals surface area contributed by atoms with Gasteiger partial charge in [-0.3, -0.25) is 14.5 Å². The van der Waals surface area contributed by atoms with Gasteiger partial charge in [0, 0.05) is 6.54 Å². The topological polar surface area (TPSA) is 130 Å². The van der Waals surface area contributed by atoms with Gasteiger partial charge in [0.2, 0.25) is 0 Å². The van der Waals surface area contributed by atoms with E-state index in [2.05, 4.69) is 19.7 Å². The number of rotatable bonds is 9. The molecule has 1 aliphatic rings. The Morgan fingerprint density at radius 3 is 2.24 bits per heavy atom. The molecule has 0 radical (unpaired) electrons. The third-order valence-electron chi connectivity index (χ3n) is 6.02. The van der Waals surface area contributed by atoms with Gasteiger partial charge >= 0.3 is 20.2 Å². The molecule has 3 atom stereocenters. The molecule has 18 heteroatoms. The van der Waals surface area contributed by atoms with E-state index in [1.165, 1.54) is 18.5 Å². The van der Waals surface area contributed by atoms with Crippen LogP contribution in [0.4, 0.5) is 30.7 Å². The quantitative estimate of drug-likeness (QED) is 0.231. The van der Waals surface area contributed by atoms with Gasteiger partial charge in [0.15, 0.2) is 6.29 Å². The fourth-order valence-corrected chi connectivity index (χ4v) is 4.54. The van der Waals surface area contributed by atoms with E-state index in [-0.39, 0.29) is 25.8 Å². The third-order valence-corrected chi connectivity index (χ3v) is 6.50. The number of benzene rings is 2. The second kappa shape index (κ2) is 12.1. The lowest BCUT2D eigenvalue weighted by Crippen LogP contribution is -2.46. The summed E-state index contributed by atoms with van der Waals surface area (Å²) in [4.78, 5) is 24.2. The minimum atomic E-state index is -5.25. The summed E-state index contributed by atoms with van der Waals surface area (Å²) in [5.41, 5.74) is -3.67. The van der Waals surface area contributed by atoms with Crippen molar-refractivity contribution in [1.29, 1.82) is 0 Å². The van der Waals surface area contributed by atoms with E-state index in [1.807, 2.05) is 0 Å². The van der Waals surface area contributed by atoms with E-state index < -0.39 is 67.7 Å². The Kier molecular flexibility index (Phi) is 9.18. The van der Waals surface area contributed by atoms with Gasteiger partial charge in [-0.2, -0.15) is 31.4 Å². The maximum absolute atomic E-state index is 13.7. The summed E-state index contributed by atoms with van der Waals surface area (Å²) in [6.07, 6.45) is -12.5. The number of hydrogen-bond acceptors (Lipinski definition) is 7. The van der Waals surface area contributed by atoms with Gasteiger partial charge in [-0.15, -0.1) is 0 Å². The number of nitrogens with one attached hydrogen (secondary N) is 1. The van der Waals surface area contributed by atoms with Crippen LogP contribution in [0, 0.1) is 5.82 Å². The van der Waals surface area contributed by atoms with Crippen LogP contribution in [0.25, 0.3) is 0 Å². The normalized spacial score (nSPS) is 19.8. The first-order chi connectivity index (χ1) is 19.1. The van der Waals surface area contributed by atoms with Crippen molar-refractivity contribution >= 4 is 7.82 Å². The van der Waals surface area contributed by atoms with Crippen molar-refractivity contribution in [3.8, 4) is 0 Å². The maximum atomic E-state index is 13.7. The van der Waals surface area contributed by atoms with Crippen LogP contribution in [0.2, 0.25) is 0 Å². The number of halogens is 7. The molecular formula is C23H22F7N4O6P. The van der Waals surface area contributed by atoms with Crippen LogP contribution in [-0.2, 0) is 37.5 Å². The first-order valence-corrected chi connectivity index (χ1v) is 13.2. The molecule has 2 aromatic carbocycles. The first kappa shape index (κ1) is 31.0. The predicted octanol–water partition coefficient (Wildman–Crippen LogP) is 4.75. The number of hydrogen-bond donors (Lipinski definition) is 3. The number of ether oxygens (including phenoxy) is 2. The number of nitrogens with zero attached hydrogens (tertiary/aromatic N) is 3. The molecule has 1 fully saturated rings. The highest BCUT2D eigenvalue weighted by atomic mass is 31.2.